The molecule has 1 aromatic carbocycles. The van der Waals surface area contributed by atoms with Gasteiger partial charge in [-0.05, 0) is 12.5 Å². The molecule has 5 nitrogen and oxygen atoms in total. The van der Waals surface area contributed by atoms with Crippen molar-refractivity contribution in [1.82, 2.24) is 5.06 Å². The lowest BCUT2D eigenvalue weighted by molar-refractivity contribution is -0.269. The quantitative estimate of drug-likeness (QED) is 0.889. The summed E-state index contributed by atoms with van der Waals surface area (Å²) in [4.78, 5) is 5.90. The van der Waals surface area contributed by atoms with Gasteiger partial charge in [0.1, 0.15) is 18.3 Å². The van der Waals surface area contributed by atoms with Gasteiger partial charge < -0.3 is 14.6 Å². The first-order chi connectivity index (χ1) is 9.65. The summed E-state index contributed by atoms with van der Waals surface area (Å²) in [7, 11) is 1.89. The molecule has 110 valence electrons. The number of hydroxylamine groups is 2. The maximum absolute atomic E-state index is 10.1. The minimum Gasteiger partial charge on any atom is -0.388 e. The van der Waals surface area contributed by atoms with Crippen LogP contribution < -0.4 is 0 Å². The van der Waals surface area contributed by atoms with E-state index in [0.717, 1.165) is 12.0 Å². The number of aliphatic hydroxyl groups excluding tert-OH is 1. The minimum atomic E-state index is -0.614. The Bertz CT molecular complexity index is 441. The Kier molecular flexibility index (Phi) is 4.05. The number of benzene rings is 1. The van der Waals surface area contributed by atoms with E-state index in [4.69, 9.17) is 14.3 Å². The minimum absolute atomic E-state index is 0.0140. The first-order valence-corrected chi connectivity index (χ1v) is 7.05. The van der Waals surface area contributed by atoms with Crippen molar-refractivity contribution in [2.24, 2.45) is 0 Å². The Morgan fingerprint density at radius 2 is 2.00 bits per heavy atom. The molecule has 2 saturated heterocycles. The third-order valence-corrected chi connectivity index (χ3v) is 4.00. The molecule has 0 radical (unpaired) electrons. The van der Waals surface area contributed by atoms with E-state index in [9.17, 15) is 5.11 Å². The molecule has 20 heavy (non-hydrogen) atoms. The third kappa shape index (κ3) is 2.73. The first kappa shape index (κ1) is 14.0. The molecular weight excluding hydrogens is 258 g/mol. The maximum Gasteiger partial charge on any atom is 0.155 e. The fourth-order valence-electron chi connectivity index (χ4n) is 2.92. The molecule has 0 spiro atoms. The highest BCUT2D eigenvalue weighted by Gasteiger charge is 2.43. The van der Waals surface area contributed by atoms with Crippen LogP contribution in [0, 0.1) is 0 Å². The molecule has 1 aromatic rings. The van der Waals surface area contributed by atoms with Crippen molar-refractivity contribution in [1.29, 1.82) is 0 Å². The summed E-state index contributed by atoms with van der Waals surface area (Å²) >= 11 is 0. The van der Waals surface area contributed by atoms with E-state index in [1.54, 1.807) is 0 Å². The number of ether oxygens (including phenoxy) is 2. The van der Waals surface area contributed by atoms with Crippen LogP contribution in [0.4, 0.5) is 0 Å². The Labute approximate surface area is 119 Å². The Hall–Kier alpha value is -0.980. The lowest BCUT2D eigenvalue weighted by atomic mass is 9.97. The van der Waals surface area contributed by atoms with Gasteiger partial charge in [0.05, 0.1) is 12.6 Å². The van der Waals surface area contributed by atoms with E-state index < -0.39 is 6.10 Å². The molecule has 0 unspecified atom stereocenters. The number of nitrogens with zero attached hydrogens (tertiary/aromatic N) is 1. The van der Waals surface area contributed by atoms with Crippen molar-refractivity contribution in [2.75, 3.05) is 13.7 Å². The number of hydrogen-bond acceptors (Lipinski definition) is 5. The van der Waals surface area contributed by atoms with Crippen LogP contribution in [0.3, 0.4) is 0 Å². The Morgan fingerprint density at radius 3 is 2.75 bits per heavy atom. The number of aliphatic hydroxyl groups is 1. The Morgan fingerprint density at radius 1 is 1.25 bits per heavy atom. The predicted molar refractivity (Wildman–Crippen MR) is 72.7 cm³/mol. The van der Waals surface area contributed by atoms with Crippen LogP contribution in [0.15, 0.2) is 30.3 Å². The molecule has 0 bridgehead atoms. The Balaban J connectivity index is 1.72. The monoisotopic (exact) mass is 279 g/mol. The molecule has 5 atom stereocenters. The molecule has 0 saturated carbocycles. The van der Waals surface area contributed by atoms with E-state index in [2.05, 4.69) is 12.1 Å². The average Bonchev–Trinajstić information content (AvgIpc) is 2.84. The van der Waals surface area contributed by atoms with E-state index in [-0.39, 0.29) is 24.5 Å². The summed E-state index contributed by atoms with van der Waals surface area (Å²) < 4.78 is 11.0. The van der Waals surface area contributed by atoms with Gasteiger partial charge in [0.2, 0.25) is 0 Å². The van der Waals surface area contributed by atoms with Gasteiger partial charge >= 0.3 is 0 Å². The summed E-state index contributed by atoms with van der Waals surface area (Å²) in [6, 6.07) is 10.2. The smallest absolute Gasteiger partial charge is 0.155 e. The fraction of sp³-hybridized carbons (Fsp3) is 0.600. The molecule has 2 fully saturated rings. The van der Waals surface area contributed by atoms with Crippen molar-refractivity contribution in [3.63, 3.8) is 0 Å². The summed E-state index contributed by atoms with van der Waals surface area (Å²) in [5.74, 6) is 0. The first-order valence-electron chi connectivity index (χ1n) is 7.05. The van der Waals surface area contributed by atoms with Crippen LogP contribution in [-0.2, 0) is 14.3 Å². The molecule has 2 aliphatic rings. The van der Waals surface area contributed by atoms with E-state index in [1.165, 1.54) is 0 Å². The largest absolute Gasteiger partial charge is 0.388 e. The van der Waals surface area contributed by atoms with Crippen molar-refractivity contribution in [3.8, 4) is 0 Å². The highest BCUT2D eigenvalue weighted by Crippen LogP contribution is 2.36. The van der Waals surface area contributed by atoms with Gasteiger partial charge in [-0.3, -0.25) is 4.84 Å². The van der Waals surface area contributed by atoms with Crippen LogP contribution in [0.1, 0.15) is 25.0 Å². The third-order valence-electron chi connectivity index (χ3n) is 4.00. The van der Waals surface area contributed by atoms with E-state index in [0.29, 0.717) is 6.61 Å². The van der Waals surface area contributed by atoms with Gasteiger partial charge in [-0.15, -0.1) is 0 Å². The average molecular weight is 279 g/mol. The van der Waals surface area contributed by atoms with Crippen LogP contribution in [0.2, 0.25) is 0 Å². The number of hydrogen-bond donors (Lipinski definition) is 1. The van der Waals surface area contributed by atoms with Crippen molar-refractivity contribution < 1.29 is 19.4 Å². The van der Waals surface area contributed by atoms with Crippen molar-refractivity contribution in [3.05, 3.63) is 35.9 Å². The second-order valence-corrected chi connectivity index (χ2v) is 5.42. The lowest BCUT2D eigenvalue weighted by Gasteiger charge is -2.37. The van der Waals surface area contributed by atoms with Crippen LogP contribution in [-0.4, -0.2) is 48.4 Å². The zero-order chi connectivity index (χ0) is 14.1. The summed E-state index contributed by atoms with van der Waals surface area (Å²) in [5.41, 5.74) is 1.15. The highest BCUT2D eigenvalue weighted by atomic mass is 16.7. The lowest BCUT2D eigenvalue weighted by Crippen LogP contribution is -2.52. The van der Waals surface area contributed by atoms with Gasteiger partial charge in [0.25, 0.3) is 0 Å². The fourth-order valence-corrected chi connectivity index (χ4v) is 2.92. The van der Waals surface area contributed by atoms with Crippen LogP contribution >= 0.6 is 0 Å². The molecule has 1 N–H and O–H groups in total. The summed E-state index contributed by atoms with van der Waals surface area (Å²) in [5, 5.41) is 11.9. The molecule has 2 heterocycles. The normalized spacial score (nSPS) is 39.0. The molecule has 2 aliphatic heterocycles. The van der Waals surface area contributed by atoms with Crippen molar-refractivity contribution >= 4 is 0 Å². The molecule has 5 heteroatoms. The van der Waals surface area contributed by atoms with Gasteiger partial charge in [-0.25, -0.2) is 0 Å². The molecule has 0 aliphatic carbocycles. The zero-order valence-corrected chi connectivity index (χ0v) is 11.8. The van der Waals surface area contributed by atoms with Gasteiger partial charge in [-0.2, -0.15) is 5.06 Å². The van der Waals surface area contributed by atoms with Crippen molar-refractivity contribution in [2.45, 2.75) is 44.0 Å². The predicted octanol–water partition coefficient (Wildman–Crippen LogP) is 1.49. The SMILES string of the molecule is C[C@H]1OC[C@@H](O)[C@@H]([C@H]2C[C@@H](c3ccccc3)ON2C)O1. The van der Waals surface area contributed by atoms with Crippen LogP contribution in [0.25, 0.3) is 0 Å². The molecular formula is C15H21NO4. The zero-order valence-electron chi connectivity index (χ0n) is 11.8. The topological polar surface area (TPSA) is 51.2 Å². The standard InChI is InChI=1S/C15H21NO4/c1-10-18-9-13(17)15(19-10)12-8-14(20-16(12)2)11-6-4-3-5-7-11/h3-7,10,12-15,17H,8-9H2,1-2H3/t10-,12+,13+,14-,15+/m0/s1. The second kappa shape index (κ2) is 5.79. The molecule has 0 aromatic heterocycles. The molecule has 3 rings (SSSR count). The van der Waals surface area contributed by atoms with Gasteiger partial charge in [0, 0.05) is 13.5 Å². The van der Waals surface area contributed by atoms with Crippen LogP contribution in [0.5, 0.6) is 0 Å². The van der Waals surface area contributed by atoms with Gasteiger partial charge in [0.15, 0.2) is 6.29 Å². The highest BCUT2D eigenvalue weighted by molar-refractivity contribution is 5.18. The summed E-state index contributed by atoms with van der Waals surface area (Å²) in [6.07, 6.45) is -0.364. The van der Waals surface area contributed by atoms with Gasteiger partial charge in [-0.1, -0.05) is 30.3 Å². The second-order valence-electron chi connectivity index (χ2n) is 5.42. The van der Waals surface area contributed by atoms with E-state index >= 15 is 0 Å². The maximum atomic E-state index is 10.1. The number of likely N-dealkylation sites (N-methyl/N-ethyl adjacent to an activating group) is 1. The summed E-state index contributed by atoms with van der Waals surface area (Å²) in [6.45, 7) is 2.16. The van der Waals surface area contributed by atoms with E-state index in [1.807, 2.05) is 37.2 Å². The number of rotatable bonds is 2. The molecule has 0 amide bonds.